The van der Waals surface area contributed by atoms with E-state index in [0.717, 1.165) is 24.3 Å². The number of aromatic amines is 1. The number of carbonyl (C=O) groups is 1. The van der Waals surface area contributed by atoms with Crippen LogP contribution in [0.3, 0.4) is 0 Å². The van der Waals surface area contributed by atoms with Gasteiger partial charge in [-0.1, -0.05) is 18.6 Å². The molecule has 3 rings (SSSR count). The number of benzene rings is 1. The first-order valence-electron chi connectivity index (χ1n) is 9.12. The number of carbonyl (C=O) groups excluding carboxylic acids is 1. The van der Waals surface area contributed by atoms with Crippen LogP contribution in [0.4, 0.5) is 0 Å². The van der Waals surface area contributed by atoms with Gasteiger partial charge in [0.1, 0.15) is 0 Å². The van der Waals surface area contributed by atoms with Crippen molar-refractivity contribution in [1.82, 2.24) is 15.2 Å². The zero-order valence-electron chi connectivity index (χ0n) is 15.2. The van der Waals surface area contributed by atoms with Gasteiger partial charge in [0.25, 0.3) is 0 Å². The van der Waals surface area contributed by atoms with Gasteiger partial charge in [-0.15, -0.1) is 0 Å². The predicted octanol–water partition coefficient (Wildman–Crippen LogP) is 3.24. The molecule has 2 N–H and O–H groups in total. The highest BCUT2D eigenvalue weighted by Crippen LogP contribution is 2.28. The Kier molecular flexibility index (Phi) is 5.24. The van der Waals surface area contributed by atoms with Crippen molar-refractivity contribution in [3.05, 3.63) is 34.5 Å². The number of fused-ring (bicyclic) bond motifs is 1. The molecular weight excluding hydrogens is 298 g/mol. The summed E-state index contributed by atoms with van der Waals surface area (Å²) in [5.74, 6) is 0.122. The highest BCUT2D eigenvalue weighted by molar-refractivity contribution is 5.93. The van der Waals surface area contributed by atoms with E-state index in [1.165, 1.54) is 54.4 Å². The zero-order valence-corrected chi connectivity index (χ0v) is 15.2. The molecule has 0 atom stereocenters. The Morgan fingerprint density at radius 2 is 1.83 bits per heavy atom. The van der Waals surface area contributed by atoms with Crippen LogP contribution in [-0.2, 0) is 11.2 Å². The van der Waals surface area contributed by atoms with Gasteiger partial charge < -0.3 is 15.2 Å². The SMILES string of the molecule is Cc1[nH]c2c(C)ccc(C)c2c1CC(=O)NCCN1CCCCC1. The molecule has 130 valence electrons. The molecule has 0 saturated carbocycles. The summed E-state index contributed by atoms with van der Waals surface area (Å²) < 4.78 is 0. The Hall–Kier alpha value is -1.81. The van der Waals surface area contributed by atoms with Crippen molar-refractivity contribution in [3.8, 4) is 0 Å². The second-order valence-corrected chi connectivity index (χ2v) is 7.11. The minimum absolute atomic E-state index is 0.122. The molecule has 2 heterocycles. The molecule has 1 aromatic heterocycles. The van der Waals surface area contributed by atoms with Crippen molar-refractivity contribution >= 4 is 16.8 Å². The van der Waals surface area contributed by atoms with Gasteiger partial charge in [0.05, 0.1) is 6.42 Å². The molecule has 1 fully saturated rings. The Labute approximate surface area is 144 Å². The van der Waals surface area contributed by atoms with E-state index in [4.69, 9.17) is 0 Å². The van der Waals surface area contributed by atoms with Crippen molar-refractivity contribution in [2.24, 2.45) is 0 Å². The number of nitrogens with zero attached hydrogens (tertiary/aromatic N) is 1. The van der Waals surface area contributed by atoms with Gasteiger partial charge >= 0.3 is 0 Å². The molecule has 0 radical (unpaired) electrons. The fraction of sp³-hybridized carbons (Fsp3) is 0.550. The molecule has 1 amide bonds. The minimum atomic E-state index is 0.122. The number of aryl methyl sites for hydroxylation is 3. The van der Waals surface area contributed by atoms with E-state index < -0.39 is 0 Å². The summed E-state index contributed by atoms with van der Waals surface area (Å²) in [6, 6.07) is 4.28. The summed E-state index contributed by atoms with van der Waals surface area (Å²) in [5, 5.41) is 4.32. The average molecular weight is 327 g/mol. The van der Waals surface area contributed by atoms with Gasteiger partial charge in [0.15, 0.2) is 0 Å². The molecule has 1 aromatic carbocycles. The van der Waals surface area contributed by atoms with E-state index >= 15 is 0 Å². The van der Waals surface area contributed by atoms with Crippen LogP contribution in [0.2, 0.25) is 0 Å². The molecule has 1 saturated heterocycles. The predicted molar refractivity (Wildman–Crippen MR) is 99.5 cm³/mol. The third-order valence-corrected chi connectivity index (χ3v) is 5.23. The topological polar surface area (TPSA) is 48.1 Å². The van der Waals surface area contributed by atoms with Crippen LogP contribution in [-0.4, -0.2) is 42.0 Å². The molecule has 4 heteroatoms. The molecule has 0 bridgehead atoms. The maximum Gasteiger partial charge on any atom is 0.224 e. The van der Waals surface area contributed by atoms with E-state index in [1.54, 1.807) is 0 Å². The Balaban J connectivity index is 1.63. The van der Waals surface area contributed by atoms with Crippen molar-refractivity contribution in [1.29, 1.82) is 0 Å². The summed E-state index contributed by atoms with van der Waals surface area (Å²) in [6.07, 6.45) is 4.39. The van der Waals surface area contributed by atoms with E-state index in [-0.39, 0.29) is 5.91 Å². The van der Waals surface area contributed by atoms with E-state index in [9.17, 15) is 4.79 Å². The second kappa shape index (κ2) is 7.39. The van der Waals surface area contributed by atoms with Gasteiger partial charge in [0, 0.05) is 29.7 Å². The number of likely N-dealkylation sites (tertiary alicyclic amines) is 1. The Morgan fingerprint density at radius 1 is 1.12 bits per heavy atom. The van der Waals surface area contributed by atoms with Gasteiger partial charge in [-0.3, -0.25) is 4.79 Å². The lowest BCUT2D eigenvalue weighted by molar-refractivity contribution is -0.120. The summed E-state index contributed by atoms with van der Waals surface area (Å²) in [7, 11) is 0. The molecule has 0 aliphatic carbocycles. The smallest absolute Gasteiger partial charge is 0.224 e. The van der Waals surface area contributed by atoms with Gasteiger partial charge in [-0.25, -0.2) is 0 Å². The number of amides is 1. The molecule has 2 aromatic rings. The molecule has 1 aliphatic rings. The minimum Gasteiger partial charge on any atom is -0.358 e. The quantitative estimate of drug-likeness (QED) is 0.886. The molecule has 24 heavy (non-hydrogen) atoms. The van der Waals surface area contributed by atoms with Crippen molar-refractivity contribution in [2.45, 2.75) is 46.5 Å². The molecular formula is C20H29N3O. The van der Waals surface area contributed by atoms with Crippen LogP contribution in [0.1, 0.15) is 41.6 Å². The van der Waals surface area contributed by atoms with E-state index in [0.29, 0.717) is 6.42 Å². The Bertz CT molecular complexity index is 726. The summed E-state index contributed by atoms with van der Waals surface area (Å²) in [6.45, 7) is 10.4. The van der Waals surface area contributed by atoms with Crippen LogP contribution in [0.25, 0.3) is 10.9 Å². The third-order valence-electron chi connectivity index (χ3n) is 5.23. The van der Waals surface area contributed by atoms with Crippen LogP contribution < -0.4 is 5.32 Å². The lowest BCUT2D eigenvalue weighted by atomic mass is 10.0. The Morgan fingerprint density at radius 3 is 2.58 bits per heavy atom. The number of rotatable bonds is 5. The fourth-order valence-corrected chi connectivity index (χ4v) is 3.79. The van der Waals surface area contributed by atoms with Crippen molar-refractivity contribution in [3.63, 3.8) is 0 Å². The zero-order chi connectivity index (χ0) is 17.1. The first-order valence-corrected chi connectivity index (χ1v) is 9.12. The number of H-pyrrole nitrogens is 1. The maximum absolute atomic E-state index is 12.4. The first kappa shape index (κ1) is 17.0. The van der Waals surface area contributed by atoms with Crippen molar-refractivity contribution < 1.29 is 4.79 Å². The molecule has 4 nitrogen and oxygen atoms in total. The number of aromatic nitrogens is 1. The highest BCUT2D eigenvalue weighted by atomic mass is 16.1. The number of piperidine rings is 1. The molecule has 0 unspecified atom stereocenters. The standard InChI is InChI=1S/C20H29N3O/c1-14-7-8-15(2)20-19(14)17(16(3)22-20)13-18(24)21-9-12-23-10-5-4-6-11-23/h7-8,22H,4-6,9-13H2,1-3H3,(H,21,24). The normalized spacial score (nSPS) is 15.8. The van der Waals surface area contributed by atoms with Gasteiger partial charge in [-0.05, 0) is 63.4 Å². The van der Waals surface area contributed by atoms with Gasteiger partial charge in [-0.2, -0.15) is 0 Å². The third kappa shape index (κ3) is 3.64. The highest BCUT2D eigenvalue weighted by Gasteiger charge is 2.16. The van der Waals surface area contributed by atoms with Crippen molar-refractivity contribution in [2.75, 3.05) is 26.2 Å². The number of hydrogen-bond donors (Lipinski definition) is 2. The van der Waals surface area contributed by atoms with Gasteiger partial charge in [0.2, 0.25) is 5.91 Å². The second-order valence-electron chi connectivity index (χ2n) is 7.11. The monoisotopic (exact) mass is 327 g/mol. The molecule has 1 aliphatic heterocycles. The number of nitrogens with one attached hydrogen (secondary N) is 2. The van der Waals surface area contributed by atoms with Crippen LogP contribution in [0.5, 0.6) is 0 Å². The van der Waals surface area contributed by atoms with Crippen LogP contribution in [0, 0.1) is 20.8 Å². The molecule has 0 spiro atoms. The average Bonchev–Trinajstić information content (AvgIpc) is 2.90. The summed E-state index contributed by atoms with van der Waals surface area (Å²) in [4.78, 5) is 18.3. The number of hydrogen-bond acceptors (Lipinski definition) is 2. The lowest BCUT2D eigenvalue weighted by Gasteiger charge is -2.26. The van der Waals surface area contributed by atoms with Crippen LogP contribution >= 0.6 is 0 Å². The fourth-order valence-electron chi connectivity index (χ4n) is 3.79. The van der Waals surface area contributed by atoms with E-state index in [1.807, 2.05) is 0 Å². The largest absolute Gasteiger partial charge is 0.358 e. The lowest BCUT2D eigenvalue weighted by Crippen LogP contribution is -2.38. The van der Waals surface area contributed by atoms with Crippen LogP contribution in [0.15, 0.2) is 12.1 Å². The summed E-state index contributed by atoms with van der Waals surface area (Å²) in [5.41, 5.74) is 5.88. The van der Waals surface area contributed by atoms with E-state index in [2.05, 4.69) is 48.1 Å². The maximum atomic E-state index is 12.4. The summed E-state index contributed by atoms with van der Waals surface area (Å²) >= 11 is 0. The first-order chi connectivity index (χ1) is 11.6.